The highest BCUT2D eigenvalue weighted by molar-refractivity contribution is 7.92. The zero-order valence-electron chi connectivity index (χ0n) is 20.2. The van der Waals surface area contributed by atoms with Gasteiger partial charge in [-0.15, -0.1) is 0 Å². The zero-order valence-corrected chi connectivity index (χ0v) is 22.6. The molecule has 0 bridgehead atoms. The molecule has 1 N–H and O–H groups in total. The summed E-state index contributed by atoms with van der Waals surface area (Å²) in [5.41, 5.74) is 0.161. The van der Waals surface area contributed by atoms with Gasteiger partial charge < -0.3 is 14.8 Å². The number of hydrogen-bond acceptors (Lipinski definition) is 7. The summed E-state index contributed by atoms with van der Waals surface area (Å²) in [5, 5.41) is 2.98. The van der Waals surface area contributed by atoms with Gasteiger partial charge in [0.2, 0.25) is 26.0 Å². The van der Waals surface area contributed by atoms with Crippen LogP contribution < -0.4 is 19.1 Å². The van der Waals surface area contributed by atoms with E-state index >= 15 is 0 Å². The van der Waals surface area contributed by atoms with Gasteiger partial charge in [0.1, 0.15) is 24.1 Å². The van der Waals surface area contributed by atoms with Crippen LogP contribution in [-0.2, 0) is 24.8 Å². The molecule has 10 nitrogen and oxygen atoms in total. The molecule has 2 rings (SSSR count). The minimum atomic E-state index is -3.87. The molecule has 0 radical (unpaired) electrons. The molecule has 1 amide bonds. The largest absolute Gasteiger partial charge is 0.495 e. The Balaban J connectivity index is 2.08. The van der Waals surface area contributed by atoms with Crippen LogP contribution >= 0.6 is 11.6 Å². The van der Waals surface area contributed by atoms with E-state index in [-0.39, 0.29) is 35.9 Å². The number of nitrogens with one attached hydrogen (secondary N) is 1. The third-order valence-electron chi connectivity index (χ3n) is 4.98. The summed E-state index contributed by atoms with van der Waals surface area (Å²) in [6.07, 6.45) is 1.20. The fourth-order valence-electron chi connectivity index (χ4n) is 3.25. The number of amides is 1. The highest BCUT2D eigenvalue weighted by Gasteiger charge is 2.33. The molecule has 0 aliphatic heterocycles. The zero-order chi connectivity index (χ0) is 26.4. The predicted octanol–water partition coefficient (Wildman–Crippen LogP) is 2.34. The van der Waals surface area contributed by atoms with E-state index in [0.29, 0.717) is 10.8 Å². The topological polar surface area (TPSA) is 122 Å². The van der Waals surface area contributed by atoms with Gasteiger partial charge in [-0.05, 0) is 48.9 Å². The molecular weight excluding hydrogens is 518 g/mol. The maximum Gasteiger partial charge on any atom is 0.244 e. The molecule has 0 aliphatic carbocycles. The number of benzene rings is 2. The lowest BCUT2D eigenvalue weighted by Gasteiger charge is -2.31. The van der Waals surface area contributed by atoms with Crippen LogP contribution in [0.25, 0.3) is 0 Å². The number of hydrogen-bond donors (Lipinski definition) is 1. The lowest BCUT2D eigenvalue weighted by molar-refractivity contribution is -0.122. The second-order valence-corrected chi connectivity index (χ2v) is 12.1. The third-order valence-corrected chi connectivity index (χ3v) is 8.21. The first-order chi connectivity index (χ1) is 16.3. The monoisotopic (exact) mass is 547 g/mol. The maximum atomic E-state index is 12.9. The van der Waals surface area contributed by atoms with E-state index in [0.717, 1.165) is 14.9 Å². The molecule has 0 heterocycles. The van der Waals surface area contributed by atoms with E-state index in [4.69, 9.17) is 21.1 Å². The highest BCUT2D eigenvalue weighted by Crippen LogP contribution is 2.34. The van der Waals surface area contributed by atoms with E-state index < -0.39 is 32.0 Å². The predicted molar refractivity (Wildman–Crippen MR) is 135 cm³/mol. The van der Waals surface area contributed by atoms with Crippen molar-refractivity contribution in [1.82, 2.24) is 9.62 Å². The molecule has 35 heavy (non-hydrogen) atoms. The molecular formula is C22H30ClN3O7S2. The van der Waals surface area contributed by atoms with Crippen LogP contribution in [0, 0.1) is 0 Å². The van der Waals surface area contributed by atoms with E-state index in [1.54, 1.807) is 13.0 Å². The normalized spacial score (nSPS) is 12.8. The summed E-state index contributed by atoms with van der Waals surface area (Å²) in [5.74, 6) is 0.163. The molecule has 1 unspecified atom stereocenters. The summed E-state index contributed by atoms with van der Waals surface area (Å²) in [4.78, 5) is 13.1. The van der Waals surface area contributed by atoms with Crippen molar-refractivity contribution in [2.75, 3.05) is 44.9 Å². The van der Waals surface area contributed by atoms with Crippen molar-refractivity contribution in [3.63, 3.8) is 0 Å². The molecule has 2 aromatic carbocycles. The van der Waals surface area contributed by atoms with Gasteiger partial charge in [-0.25, -0.2) is 21.1 Å². The molecule has 13 heteroatoms. The number of halogens is 1. The van der Waals surface area contributed by atoms with Crippen molar-refractivity contribution < 1.29 is 31.1 Å². The molecule has 1 atom stereocenters. The minimum Gasteiger partial charge on any atom is -0.495 e. The van der Waals surface area contributed by atoms with Crippen molar-refractivity contribution in [3.05, 3.63) is 47.5 Å². The van der Waals surface area contributed by atoms with E-state index in [1.807, 2.05) is 0 Å². The average Bonchev–Trinajstić information content (AvgIpc) is 2.79. The first-order valence-corrected chi connectivity index (χ1v) is 14.3. The SMILES string of the molecule is CCC(C(=O)NCCOc1ccc(S(=O)(=O)N(C)C)cc1)N(c1cc(Cl)ccc1OC)S(C)(=O)=O. The summed E-state index contributed by atoms with van der Waals surface area (Å²) in [6.45, 7) is 1.87. The summed E-state index contributed by atoms with van der Waals surface area (Å²) < 4.78 is 62.5. The van der Waals surface area contributed by atoms with Gasteiger partial charge in [0.25, 0.3) is 0 Å². The van der Waals surface area contributed by atoms with Crippen LogP contribution in [0.15, 0.2) is 47.4 Å². The third kappa shape index (κ3) is 7.23. The smallest absolute Gasteiger partial charge is 0.244 e. The van der Waals surface area contributed by atoms with Gasteiger partial charge in [0, 0.05) is 19.1 Å². The number of nitrogens with zero attached hydrogens (tertiary/aromatic N) is 2. The minimum absolute atomic E-state index is 0.0846. The molecule has 0 saturated heterocycles. The first-order valence-electron chi connectivity index (χ1n) is 10.6. The van der Waals surface area contributed by atoms with Gasteiger partial charge in [0.15, 0.2) is 0 Å². The standard InChI is InChI=1S/C22H30ClN3O7S2/c1-6-19(26(34(5,28)29)20-15-16(23)7-12-21(20)32-4)22(27)24-13-14-33-17-8-10-18(11-9-17)35(30,31)25(2)3/h7-12,15,19H,6,13-14H2,1-5H3,(H,24,27). The van der Waals surface area contributed by atoms with Gasteiger partial charge in [0.05, 0.1) is 30.5 Å². The Morgan fingerprint density at radius 3 is 2.23 bits per heavy atom. The lowest BCUT2D eigenvalue weighted by Crippen LogP contribution is -2.50. The molecule has 0 fully saturated rings. The summed E-state index contributed by atoms with van der Waals surface area (Å²) >= 11 is 6.08. The first kappa shape index (κ1) is 28.7. The molecule has 0 aliphatic rings. The number of carbonyl (C=O) groups is 1. The van der Waals surface area contributed by atoms with Crippen molar-refractivity contribution in [2.24, 2.45) is 0 Å². The summed E-state index contributed by atoms with van der Waals surface area (Å²) in [6, 6.07) is 9.37. The number of sulfonamides is 2. The number of rotatable bonds is 12. The maximum absolute atomic E-state index is 12.9. The molecule has 2 aromatic rings. The number of ether oxygens (including phenoxy) is 2. The van der Waals surface area contributed by atoms with Crippen LogP contribution in [0.4, 0.5) is 5.69 Å². The fourth-order valence-corrected chi connectivity index (χ4v) is 5.53. The molecule has 0 spiro atoms. The number of methoxy groups -OCH3 is 1. The van der Waals surface area contributed by atoms with E-state index in [9.17, 15) is 21.6 Å². The average molecular weight is 548 g/mol. The Labute approximate surface area is 211 Å². The Morgan fingerprint density at radius 1 is 1.09 bits per heavy atom. The molecule has 0 aromatic heterocycles. The van der Waals surface area contributed by atoms with Crippen LogP contribution in [-0.4, -0.2) is 73.7 Å². The van der Waals surface area contributed by atoms with Gasteiger partial charge in [-0.1, -0.05) is 18.5 Å². The Morgan fingerprint density at radius 2 is 1.71 bits per heavy atom. The fraction of sp³-hybridized carbons (Fsp3) is 0.409. The molecule has 0 saturated carbocycles. The number of carbonyl (C=O) groups excluding carboxylic acids is 1. The van der Waals surface area contributed by atoms with Crippen LogP contribution in [0.2, 0.25) is 5.02 Å². The molecule has 194 valence electrons. The van der Waals surface area contributed by atoms with E-state index in [1.165, 1.54) is 57.6 Å². The van der Waals surface area contributed by atoms with Crippen LogP contribution in [0.1, 0.15) is 13.3 Å². The quantitative estimate of drug-likeness (QED) is 0.405. The Bertz CT molecular complexity index is 1230. The second kappa shape index (κ2) is 11.9. The Hall–Kier alpha value is -2.54. The van der Waals surface area contributed by atoms with Crippen molar-refractivity contribution in [2.45, 2.75) is 24.3 Å². The van der Waals surface area contributed by atoms with E-state index in [2.05, 4.69) is 5.32 Å². The van der Waals surface area contributed by atoms with Gasteiger partial charge in [-0.2, -0.15) is 0 Å². The second-order valence-electron chi connectivity index (χ2n) is 7.70. The van der Waals surface area contributed by atoms with Crippen LogP contribution in [0.3, 0.4) is 0 Å². The van der Waals surface area contributed by atoms with Crippen molar-refractivity contribution in [1.29, 1.82) is 0 Å². The Kier molecular flexibility index (Phi) is 9.78. The van der Waals surface area contributed by atoms with Crippen molar-refractivity contribution in [3.8, 4) is 11.5 Å². The van der Waals surface area contributed by atoms with Gasteiger partial charge >= 0.3 is 0 Å². The van der Waals surface area contributed by atoms with Crippen molar-refractivity contribution >= 4 is 43.2 Å². The highest BCUT2D eigenvalue weighted by atomic mass is 35.5. The summed E-state index contributed by atoms with van der Waals surface area (Å²) in [7, 11) is -3.13. The lowest BCUT2D eigenvalue weighted by atomic mass is 10.2. The van der Waals surface area contributed by atoms with Gasteiger partial charge in [-0.3, -0.25) is 9.10 Å². The van der Waals surface area contributed by atoms with Crippen LogP contribution in [0.5, 0.6) is 11.5 Å². The number of anilines is 1.